The fourth-order valence-electron chi connectivity index (χ4n) is 3.33. The van der Waals surface area contributed by atoms with Crippen LogP contribution in [0.3, 0.4) is 0 Å². The van der Waals surface area contributed by atoms with Crippen molar-refractivity contribution >= 4 is 28.5 Å². The average molecular weight is 367 g/mol. The number of nitrogens with zero attached hydrogens (tertiary/aromatic N) is 1. The number of rotatable bonds is 3. The van der Waals surface area contributed by atoms with Crippen LogP contribution in [0.5, 0.6) is 0 Å². The van der Waals surface area contributed by atoms with Crippen molar-refractivity contribution in [1.82, 2.24) is 15.8 Å². The fourth-order valence-corrected chi connectivity index (χ4v) is 3.33. The van der Waals surface area contributed by atoms with E-state index >= 15 is 0 Å². The van der Waals surface area contributed by atoms with E-state index in [4.69, 9.17) is 0 Å². The van der Waals surface area contributed by atoms with Crippen LogP contribution >= 0.6 is 0 Å². The molecule has 0 bridgehead atoms. The highest BCUT2D eigenvalue weighted by molar-refractivity contribution is 6.07. The number of benzene rings is 2. The Morgan fingerprint density at radius 1 is 1.04 bits per heavy atom. The van der Waals surface area contributed by atoms with E-state index in [2.05, 4.69) is 10.9 Å². The van der Waals surface area contributed by atoms with E-state index in [1.54, 1.807) is 18.7 Å². The van der Waals surface area contributed by atoms with Crippen LogP contribution in [-0.2, 0) is 9.59 Å². The first-order chi connectivity index (χ1) is 13.0. The zero-order chi connectivity index (χ0) is 19.4. The lowest BCUT2D eigenvalue weighted by Gasteiger charge is -2.32. The summed E-state index contributed by atoms with van der Waals surface area (Å²) >= 11 is 0. The Morgan fingerprint density at radius 2 is 1.78 bits per heavy atom. The molecule has 3 rings (SSSR count). The molecule has 142 valence electrons. The molecule has 2 aromatic rings. The van der Waals surface area contributed by atoms with Gasteiger partial charge in [-0.15, -0.1) is 0 Å². The zero-order valence-corrected chi connectivity index (χ0v) is 15.7. The van der Waals surface area contributed by atoms with Crippen LogP contribution in [0.15, 0.2) is 42.5 Å². The summed E-state index contributed by atoms with van der Waals surface area (Å²) in [5, 5.41) is 1.94. The standard InChI is InChI=1S/C21H25N3O3/c1-14(2)19(25)22-23-20(26)16-9-6-12-24(13-16)21(27)18-11-5-8-15-7-3-4-10-17(15)18/h3-5,7-8,10-11,14,16H,6,9,12-13H2,1-2H3,(H,22,25)(H,23,26). The molecule has 0 aliphatic carbocycles. The Hall–Kier alpha value is -2.89. The van der Waals surface area contributed by atoms with Crippen LogP contribution in [0, 0.1) is 11.8 Å². The van der Waals surface area contributed by atoms with Gasteiger partial charge in [0.1, 0.15) is 0 Å². The number of hydrogen-bond donors (Lipinski definition) is 2. The Kier molecular flexibility index (Phi) is 5.74. The topological polar surface area (TPSA) is 78.5 Å². The summed E-state index contributed by atoms with van der Waals surface area (Å²) in [6, 6.07) is 13.5. The third kappa shape index (κ3) is 4.27. The molecule has 1 aliphatic heterocycles. The van der Waals surface area contributed by atoms with Gasteiger partial charge in [-0.3, -0.25) is 25.2 Å². The number of fused-ring (bicyclic) bond motifs is 1. The molecule has 3 amide bonds. The monoisotopic (exact) mass is 367 g/mol. The summed E-state index contributed by atoms with van der Waals surface area (Å²) in [6.07, 6.45) is 1.45. The molecule has 0 spiro atoms. The van der Waals surface area contributed by atoms with Crippen LogP contribution in [-0.4, -0.2) is 35.7 Å². The maximum Gasteiger partial charge on any atom is 0.254 e. The number of amides is 3. The molecule has 1 aliphatic rings. The lowest BCUT2D eigenvalue weighted by Crippen LogP contribution is -2.50. The Labute approximate surface area is 158 Å². The maximum atomic E-state index is 13.1. The first-order valence-corrected chi connectivity index (χ1v) is 9.34. The number of hydrazine groups is 1. The molecule has 1 unspecified atom stereocenters. The van der Waals surface area contributed by atoms with E-state index in [-0.39, 0.29) is 29.6 Å². The molecule has 1 heterocycles. The second kappa shape index (κ2) is 8.20. The predicted molar refractivity (Wildman–Crippen MR) is 104 cm³/mol. The van der Waals surface area contributed by atoms with E-state index in [1.165, 1.54) is 0 Å². The molecule has 1 fully saturated rings. The van der Waals surface area contributed by atoms with Gasteiger partial charge in [-0.1, -0.05) is 50.2 Å². The van der Waals surface area contributed by atoms with Crippen molar-refractivity contribution in [3.8, 4) is 0 Å². The number of hydrogen-bond acceptors (Lipinski definition) is 3. The number of piperidine rings is 1. The summed E-state index contributed by atoms with van der Waals surface area (Å²) in [5.41, 5.74) is 5.58. The zero-order valence-electron chi connectivity index (χ0n) is 15.7. The second-order valence-corrected chi connectivity index (χ2v) is 7.25. The molecule has 0 aromatic heterocycles. The lowest BCUT2D eigenvalue weighted by molar-refractivity contribution is -0.133. The van der Waals surface area contributed by atoms with Crippen LogP contribution < -0.4 is 10.9 Å². The quantitative estimate of drug-likeness (QED) is 0.818. The summed E-state index contributed by atoms with van der Waals surface area (Å²) in [6.45, 7) is 4.50. The minimum absolute atomic E-state index is 0.0597. The third-order valence-electron chi connectivity index (χ3n) is 4.93. The normalized spacial score (nSPS) is 17.0. The Balaban J connectivity index is 1.69. The summed E-state index contributed by atoms with van der Waals surface area (Å²) in [4.78, 5) is 38.8. The van der Waals surface area contributed by atoms with Gasteiger partial charge < -0.3 is 4.90 Å². The van der Waals surface area contributed by atoms with Crippen LogP contribution in [0.1, 0.15) is 37.0 Å². The Morgan fingerprint density at radius 3 is 2.56 bits per heavy atom. The molecular weight excluding hydrogens is 342 g/mol. The fraction of sp³-hybridized carbons (Fsp3) is 0.381. The van der Waals surface area contributed by atoms with Crippen molar-refractivity contribution < 1.29 is 14.4 Å². The number of carbonyl (C=O) groups excluding carboxylic acids is 3. The minimum Gasteiger partial charge on any atom is -0.338 e. The van der Waals surface area contributed by atoms with E-state index < -0.39 is 0 Å². The molecule has 1 saturated heterocycles. The van der Waals surface area contributed by atoms with Gasteiger partial charge in [0.05, 0.1) is 5.92 Å². The van der Waals surface area contributed by atoms with E-state index in [0.717, 1.165) is 17.2 Å². The van der Waals surface area contributed by atoms with Crippen molar-refractivity contribution in [1.29, 1.82) is 0 Å². The van der Waals surface area contributed by atoms with Crippen LogP contribution in [0.25, 0.3) is 10.8 Å². The van der Waals surface area contributed by atoms with E-state index in [1.807, 2.05) is 42.5 Å². The Bertz CT molecular complexity index is 857. The molecule has 2 aromatic carbocycles. The smallest absolute Gasteiger partial charge is 0.254 e. The van der Waals surface area contributed by atoms with Gasteiger partial charge in [-0.25, -0.2) is 0 Å². The summed E-state index contributed by atoms with van der Waals surface area (Å²) < 4.78 is 0. The summed E-state index contributed by atoms with van der Waals surface area (Å²) in [7, 11) is 0. The molecule has 0 saturated carbocycles. The van der Waals surface area contributed by atoms with Crippen molar-refractivity contribution in [2.75, 3.05) is 13.1 Å². The second-order valence-electron chi connectivity index (χ2n) is 7.25. The van der Waals surface area contributed by atoms with Crippen molar-refractivity contribution in [2.45, 2.75) is 26.7 Å². The number of nitrogens with one attached hydrogen (secondary N) is 2. The van der Waals surface area contributed by atoms with Gasteiger partial charge in [-0.05, 0) is 29.7 Å². The molecule has 1 atom stereocenters. The predicted octanol–water partition coefficient (Wildman–Crippen LogP) is 2.50. The number of carbonyl (C=O) groups is 3. The van der Waals surface area contributed by atoms with Gasteiger partial charge >= 0.3 is 0 Å². The molecule has 0 radical (unpaired) electrons. The first-order valence-electron chi connectivity index (χ1n) is 9.34. The third-order valence-corrected chi connectivity index (χ3v) is 4.93. The molecule has 6 nitrogen and oxygen atoms in total. The molecule has 2 N–H and O–H groups in total. The van der Waals surface area contributed by atoms with Crippen LogP contribution in [0.4, 0.5) is 0 Å². The van der Waals surface area contributed by atoms with Crippen molar-refractivity contribution in [2.24, 2.45) is 11.8 Å². The number of likely N-dealkylation sites (tertiary alicyclic amines) is 1. The van der Waals surface area contributed by atoms with Gasteiger partial charge in [0.2, 0.25) is 11.8 Å². The van der Waals surface area contributed by atoms with Gasteiger partial charge in [0, 0.05) is 24.6 Å². The largest absolute Gasteiger partial charge is 0.338 e. The molecular formula is C21H25N3O3. The molecule has 27 heavy (non-hydrogen) atoms. The van der Waals surface area contributed by atoms with E-state index in [9.17, 15) is 14.4 Å². The SMILES string of the molecule is CC(C)C(=O)NNC(=O)C1CCCN(C(=O)c2cccc3ccccc23)C1. The highest BCUT2D eigenvalue weighted by atomic mass is 16.2. The lowest BCUT2D eigenvalue weighted by atomic mass is 9.96. The minimum atomic E-state index is -0.329. The van der Waals surface area contributed by atoms with Crippen LogP contribution in [0.2, 0.25) is 0 Å². The van der Waals surface area contributed by atoms with Crippen molar-refractivity contribution in [3.63, 3.8) is 0 Å². The van der Waals surface area contributed by atoms with Gasteiger partial charge in [0.25, 0.3) is 5.91 Å². The van der Waals surface area contributed by atoms with E-state index in [0.29, 0.717) is 25.1 Å². The first kappa shape index (κ1) is 18.9. The summed E-state index contributed by atoms with van der Waals surface area (Å²) in [5.74, 6) is -1.08. The molecule has 6 heteroatoms. The van der Waals surface area contributed by atoms with Crippen molar-refractivity contribution in [3.05, 3.63) is 48.0 Å². The van der Waals surface area contributed by atoms with Gasteiger partial charge in [-0.2, -0.15) is 0 Å². The highest BCUT2D eigenvalue weighted by Gasteiger charge is 2.29. The van der Waals surface area contributed by atoms with Gasteiger partial charge in [0.15, 0.2) is 0 Å². The highest BCUT2D eigenvalue weighted by Crippen LogP contribution is 2.23. The maximum absolute atomic E-state index is 13.1. The average Bonchev–Trinajstić information content (AvgIpc) is 2.70.